The highest BCUT2D eigenvalue weighted by Crippen LogP contribution is 2.14. The summed E-state index contributed by atoms with van der Waals surface area (Å²) in [7, 11) is 3.51. The second kappa shape index (κ2) is 7.65. The van der Waals surface area contributed by atoms with E-state index in [1.54, 1.807) is 12.0 Å². The van der Waals surface area contributed by atoms with Crippen molar-refractivity contribution >= 4 is 11.9 Å². The molecule has 1 saturated heterocycles. The number of methoxy groups -OCH3 is 1. The van der Waals surface area contributed by atoms with E-state index in [0.717, 1.165) is 17.0 Å². The first kappa shape index (κ1) is 18.3. The van der Waals surface area contributed by atoms with Crippen LogP contribution in [-0.4, -0.2) is 71.0 Å². The van der Waals surface area contributed by atoms with Crippen LogP contribution in [0.4, 0.5) is 4.79 Å². The van der Waals surface area contributed by atoms with Gasteiger partial charge in [0.15, 0.2) is 0 Å². The van der Waals surface area contributed by atoms with E-state index in [1.807, 2.05) is 32.5 Å². The van der Waals surface area contributed by atoms with E-state index in [9.17, 15) is 9.59 Å². The standard InChI is InChI=1S/C16H27N5O3/c1-11(8-14-12(2)18-19(4)13(14)3)17-16(23)21-9-15(22)20(10-21)6-7-24-5/h11H,6-10H2,1-5H3,(H,17,23). The largest absolute Gasteiger partial charge is 0.383 e. The highest BCUT2D eigenvalue weighted by Gasteiger charge is 2.31. The van der Waals surface area contributed by atoms with Gasteiger partial charge in [-0.25, -0.2) is 4.79 Å². The molecule has 1 aliphatic rings. The van der Waals surface area contributed by atoms with Crippen LogP contribution in [0.1, 0.15) is 23.9 Å². The van der Waals surface area contributed by atoms with E-state index in [0.29, 0.717) is 26.2 Å². The molecule has 2 rings (SSSR count). The van der Waals surface area contributed by atoms with E-state index in [2.05, 4.69) is 10.4 Å². The molecular weight excluding hydrogens is 310 g/mol. The molecule has 0 radical (unpaired) electrons. The first-order valence-electron chi connectivity index (χ1n) is 8.14. The van der Waals surface area contributed by atoms with Gasteiger partial charge in [-0.05, 0) is 32.8 Å². The molecule has 1 unspecified atom stereocenters. The van der Waals surface area contributed by atoms with Crippen LogP contribution in [0, 0.1) is 13.8 Å². The maximum atomic E-state index is 12.4. The highest BCUT2D eigenvalue weighted by atomic mass is 16.5. The lowest BCUT2D eigenvalue weighted by molar-refractivity contribution is -0.127. The number of carbonyl (C=O) groups excluding carboxylic acids is 2. The fourth-order valence-electron chi connectivity index (χ4n) is 2.90. The normalized spacial score (nSPS) is 16.0. The van der Waals surface area contributed by atoms with Crippen LogP contribution in [-0.2, 0) is 23.0 Å². The molecule has 1 aromatic rings. The second-order valence-electron chi connectivity index (χ2n) is 6.32. The summed E-state index contributed by atoms with van der Waals surface area (Å²) in [5.74, 6) is -0.0474. The van der Waals surface area contributed by atoms with Gasteiger partial charge in [-0.3, -0.25) is 14.4 Å². The molecule has 1 atom stereocenters. The number of carbonyl (C=O) groups is 2. The summed E-state index contributed by atoms with van der Waals surface area (Å²) in [6, 6.07) is -0.253. The Morgan fingerprint density at radius 2 is 2.12 bits per heavy atom. The number of hydrogen-bond donors (Lipinski definition) is 1. The lowest BCUT2D eigenvalue weighted by Crippen LogP contribution is -2.44. The Bertz CT molecular complexity index is 613. The van der Waals surface area contributed by atoms with Gasteiger partial charge in [0.05, 0.1) is 19.0 Å². The monoisotopic (exact) mass is 337 g/mol. The van der Waals surface area contributed by atoms with Crippen molar-refractivity contribution in [3.63, 3.8) is 0 Å². The number of hydrogen-bond acceptors (Lipinski definition) is 4. The average molecular weight is 337 g/mol. The lowest BCUT2D eigenvalue weighted by Gasteiger charge is -2.21. The van der Waals surface area contributed by atoms with Gasteiger partial charge < -0.3 is 15.0 Å². The maximum absolute atomic E-state index is 12.4. The van der Waals surface area contributed by atoms with Crippen LogP contribution in [0.15, 0.2) is 0 Å². The Hall–Kier alpha value is -2.09. The number of rotatable bonds is 6. The molecule has 8 nitrogen and oxygen atoms in total. The van der Waals surface area contributed by atoms with E-state index >= 15 is 0 Å². The quantitative estimate of drug-likeness (QED) is 0.816. The molecule has 1 aromatic heterocycles. The van der Waals surface area contributed by atoms with Crippen LogP contribution in [0.3, 0.4) is 0 Å². The van der Waals surface area contributed by atoms with Crippen molar-refractivity contribution in [1.29, 1.82) is 0 Å². The first-order chi connectivity index (χ1) is 11.3. The summed E-state index contributed by atoms with van der Waals surface area (Å²) in [6.45, 7) is 7.36. The molecule has 0 aromatic carbocycles. The fourth-order valence-corrected chi connectivity index (χ4v) is 2.90. The number of aryl methyl sites for hydroxylation is 2. The van der Waals surface area contributed by atoms with E-state index in [1.165, 1.54) is 4.90 Å². The van der Waals surface area contributed by atoms with Crippen molar-refractivity contribution < 1.29 is 14.3 Å². The number of amides is 3. The number of nitrogens with one attached hydrogen (secondary N) is 1. The Balaban J connectivity index is 1.89. The summed E-state index contributed by atoms with van der Waals surface area (Å²) < 4.78 is 6.84. The zero-order valence-corrected chi connectivity index (χ0v) is 15.1. The van der Waals surface area contributed by atoms with Crippen LogP contribution < -0.4 is 5.32 Å². The van der Waals surface area contributed by atoms with Gasteiger partial charge in [-0.15, -0.1) is 0 Å². The minimum atomic E-state index is -0.213. The molecule has 0 bridgehead atoms. The van der Waals surface area contributed by atoms with E-state index in [4.69, 9.17) is 4.74 Å². The number of ether oxygens (including phenoxy) is 1. The summed E-state index contributed by atoms with van der Waals surface area (Å²) in [5.41, 5.74) is 3.25. The molecule has 24 heavy (non-hydrogen) atoms. The SMILES string of the molecule is COCCN1CN(C(=O)NC(C)Cc2c(C)nn(C)c2C)CC1=O. The van der Waals surface area contributed by atoms with Crippen molar-refractivity contribution in [3.8, 4) is 0 Å². The van der Waals surface area contributed by atoms with Crippen molar-refractivity contribution in [3.05, 3.63) is 17.0 Å². The van der Waals surface area contributed by atoms with Gasteiger partial charge in [0.1, 0.15) is 6.54 Å². The summed E-state index contributed by atoms with van der Waals surface area (Å²) in [4.78, 5) is 27.4. The maximum Gasteiger partial charge on any atom is 0.319 e. The Kier molecular flexibility index (Phi) is 5.82. The molecule has 0 aliphatic carbocycles. The van der Waals surface area contributed by atoms with Crippen molar-refractivity contribution in [2.75, 3.05) is 33.5 Å². The molecule has 1 aliphatic heterocycles. The van der Waals surface area contributed by atoms with Crippen molar-refractivity contribution in [1.82, 2.24) is 24.9 Å². The number of nitrogens with zero attached hydrogens (tertiary/aromatic N) is 4. The highest BCUT2D eigenvalue weighted by molar-refractivity contribution is 5.87. The van der Waals surface area contributed by atoms with Crippen LogP contribution >= 0.6 is 0 Å². The zero-order valence-electron chi connectivity index (χ0n) is 15.1. The predicted molar refractivity (Wildman–Crippen MR) is 89.5 cm³/mol. The summed E-state index contributed by atoms with van der Waals surface area (Å²) >= 11 is 0. The first-order valence-corrected chi connectivity index (χ1v) is 8.14. The Morgan fingerprint density at radius 3 is 2.71 bits per heavy atom. The Labute approximate surface area is 142 Å². The molecule has 8 heteroatoms. The van der Waals surface area contributed by atoms with Gasteiger partial charge in [0, 0.05) is 32.4 Å². The lowest BCUT2D eigenvalue weighted by atomic mass is 10.1. The fraction of sp³-hybridized carbons (Fsp3) is 0.688. The summed E-state index contributed by atoms with van der Waals surface area (Å²) in [6.07, 6.45) is 0.715. The van der Waals surface area contributed by atoms with Crippen LogP contribution in [0.5, 0.6) is 0 Å². The minimum Gasteiger partial charge on any atom is -0.383 e. The molecular formula is C16H27N5O3. The van der Waals surface area contributed by atoms with E-state index < -0.39 is 0 Å². The third-order valence-corrected chi connectivity index (χ3v) is 4.41. The number of aromatic nitrogens is 2. The van der Waals surface area contributed by atoms with Gasteiger partial charge in [-0.2, -0.15) is 5.10 Å². The van der Waals surface area contributed by atoms with Crippen LogP contribution in [0.2, 0.25) is 0 Å². The zero-order chi connectivity index (χ0) is 17.9. The van der Waals surface area contributed by atoms with Gasteiger partial charge in [0.25, 0.3) is 0 Å². The molecule has 1 N–H and O–H groups in total. The van der Waals surface area contributed by atoms with Gasteiger partial charge in [-0.1, -0.05) is 0 Å². The molecule has 1 fully saturated rings. The predicted octanol–water partition coefficient (Wildman–Crippen LogP) is 0.426. The third-order valence-electron chi connectivity index (χ3n) is 4.41. The average Bonchev–Trinajstić information content (AvgIpc) is 3.00. The topological polar surface area (TPSA) is 79.7 Å². The van der Waals surface area contributed by atoms with E-state index in [-0.39, 0.29) is 24.5 Å². The molecule has 0 spiro atoms. The summed E-state index contributed by atoms with van der Waals surface area (Å²) in [5, 5.41) is 7.37. The van der Waals surface area contributed by atoms with Gasteiger partial charge in [0.2, 0.25) is 5.91 Å². The van der Waals surface area contributed by atoms with Crippen molar-refractivity contribution in [2.24, 2.45) is 7.05 Å². The smallest absolute Gasteiger partial charge is 0.319 e. The third kappa shape index (κ3) is 4.05. The van der Waals surface area contributed by atoms with Crippen molar-refractivity contribution in [2.45, 2.75) is 33.2 Å². The van der Waals surface area contributed by atoms with Crippen LogP contribution in [0.25, 0.3) is 0 Å². The molecule has 2 heterocycles. The Morgan fingerprint density at radius 1 is 1.42 bits per heavy atom. The molecule has 134 valence electrons. The van der Waals surface area contributed by atoms with Gasteiger partial charge >= 0.3 is 6.03 Å². The minimum absolute atomic E-state index is 0.0396. The molecule has 0 saturated carbocycles. The molecule has 3 amide bonds. The second-order valence-corrected chi connectivity index (χ2v) is 6.32. The number of urea groups is 1.